The van der Waals surface area contributed by atoms with Gasteiger partial charge < -0.3 is 9.72 Å². The van der Waals surface area contributed by atoms with Crippen molar-refractivity contribution < 1.29 is 13.2 Å². The highest BCUT2D eigenvalue weighted by atomic mass is 32.2. The van der Waals surface area contributed by atoms with Gasteiger partial charge in [0, 0.05) is 17.1 Å². The van der Waals surface area contributed by atoms with Crippen LogP contribution in [0.1, 0.15) is 11.1 Å². The van der Waals surface area contributed by atoms with Crippen LogP contribution in [0.4, 0.5) is 0 Å². The van der Waals surface area contributed by atoms with Crippen LogP contribution < -0.4 is 4.74 Å². The molecular formula is C17H17NO3S. The van der Waals surface area contributed by atoms with E-state index in [0.29, 0.717) is 11.1 Å². The number of para-hydroxylation sites is 1. The molecule has 1 heterocycles. The molecule has 1 N–H and O–H groups in total. The number of sulfone groups is 1. The van der Waals surface area contributed by atoms with Crippen LogP contribution >= 0.6 is 0 Å². The maximum atomic E-state index is 13.1. The number of aromatic nitrogens is 1. The Balaban J connectivity index is 2.29. The molecule has 0 fully saturated rings. The van der Waals surface area contributed by atoms with Crippen molar-refractivity contribution in [1.29, 1.82) is 0 Å². The second-order valence-corrected chi connectivity index (χ2v) is 7.18. The monoisotopic (exact) mass is 315 g/mol. The molecule has 0 saturated carbocycles. The highest BCUT2D eigenvalue weighted by Crippen LogP contribution is 2.34. The predicted octanol–water partition coefficient (Wildman–Crippen LogP) is 3.63. The standard InChI is InChI=1S/C17H17NO3S/c1-11-8-15(21-3)16(9-12(11)2)22(19,20)17-10-18-14-7-5-4-6-13(14)17/h4-10,18H,1-3H3. The summed E-state index contributed by atoms with van der Waals surface area (Å²) in [6.45, 7) is 3.82. The fourth-order valence-corrected chi connectivity index (χ4v) is 4.18. The second-order valence-electron chi connectivity index (χ2n) is 5.29. The predicted molar refractivity (Wildman–Crippen MR) is 86.2 cm³/mol. The number of methoxy groups -OCH3 is 1. The maximum absolute atomic E-state index is 13.1. The van der Waals surface area contributed by atoms with Gasteiger partial charge in [0.2, 0.25) is 9.84 Å². The van der Waals surface area contributed by atoms with Crippen molar-refractivity contribution in [2.24, 2.45) is 0 Å². The lowest BCUT2D eigenvalue weighted by Crippen LogP contribution is -2.05. The molecule has 5 heteroatoms. The first-order valence-electron chi connectivity index (χ1n) is 6.91. The first kappa shape index (κ1) is 14.7. The molecule has 0 aliphatic carbocycles. The van der Waals surface area contributed by atoms with E-state index in [1.54, 1.807) is 18.2 Å². The average molecular weight is 315 g/mol. The Kier molecular flexibility index (Phi) is 3.45. The van der Waals surface area contributed by atoms with Crippen LogP contribution in [0.3, 0.4) is 0 Å². The minimum atomic E-state index is -3.66. The number of aryl methyl sites for hydroxylation is 2. The smallest absolute Gasteiger partial charge is 0.212 e. The third kappa shape index (κ3) is 2.18. The second kappa shape index (κ2) is 5.18. The maximum Gasteiger partial charge on any atom is 0.212 e. The van der Waals surface area contributed by atoms with E-state index < -0.39 is 9.84 Å². The Bertz CT molecular complexity index is 955. The number of benzene rings is 2. The van der Waals surface area contributed by atoms with E-state index in [9.17, 15) is 8.42 Å². The molecule has 114 valence electrons. The van der Waals surface area contributed by atoms with Crippen molar-refractivity contribution >= 4 is 20.7 Å². The van der Waals surface area contributed by atoms with Gasteiger partial charge in [-0.2, -0.15) is 0 Å². The summed E-state index contributed by atoms with van der Waals surface area (Å²) >= 11 is 0. The van der Waals surface area contributed by atoms with Crippen LogP contribution in [0.25, 0.3) is 10.9 Å². The molecule has 4 nitrogen and oxygen atoms in total. The minimum Gasteiger partial charge on any atom is -0.495 e. The summed E-state index contributed by atoms with van der Waals surface area (Å²) in [4.78, 5) is 3.47. The quantitative estimate of drug-likeness (QED) is 0.803. The van der Waals surface area contributed by atoms with Crippen LogP contribution in [-0.2, 0) is 9.84 Å². The van der Waals surface area contributed by atoms with Crippen molar-refractivity contribution in [1.82, 2.24) is 4.98 Å². The number of nitrogens with one attached hydrogen (secondary N) is 1. The molecule has 0 amide bonds. The average Bonchev–Trinajstić information content (AvgIpc) is 2.94. The van der Waals surface area contributed by atoms with Crippen LogP contribution in [0.5, 0.6) is 5.75 Å². The van der Waals surface area contributed by atoms with Crippen molar-refractivity contribution in [3.63, 3.8) is 0 Å². The number of hydrogen-bond acceptors (Lipinski definition) is 3. The number of H-pyrrole nitrogens is 1. The fourth-order valence-electron chi connectivity index (χ4n) is 2.52. The van der Waals surface area contributed by atoms with Gasteiger partial charge in [-0.05, 0) is 43.2 Å². The summed E-state index contributed by atoms with van der Waals surface area (Å²) in [7, 11) is -2.18. The number of aromatic amines is 1. The molecule has 1 aromatic heterocycles. The lowest BCUT2D eigenvalue weighted by molar-refractivity contribution is 0.402. The largest absolute Gasteiger partial charge is 0.495 e. The molecular weight excluding hydrogens is 298 g/mol. The van der Waals surface area contributed by atoms with E-state index in [2.05, 4.69) is 4.98 Å². The molecule has 0 atom stereocenters. The Morgan fingerprint density at radius 2 is 1.68 bits per heavy atom. The van der Waals surface area contributed by atoms with Crippen LogP contribution in [-0.4, -0.2) is 20.5 Å². The number of fused-ring (bicyclic) bond motifs is 1. The first-order valence-corrected chi connectivity index (χ1v) is 8.40. The first-order chi connectivity index (χ1) is 10.4. The molecule has 3 rings (SSSR count). The van der Waals surface area contributed by atoms with E-state index in [1.807, 2.05) is 32.0 Å². The van der Waals surface area contributed by atoms with Gasteiger partial charge in [0.25, 0.3) is 0 Å². The van der Waals surface area contributed by atoms with Crippen molar-refractivity contribution in [3.05, 3.63) is 53.7 Å². The van der Waals surface area contributed by atoms with E-state index in [-0.39, 0.29) is 9.79 Å². The van der Waals surface area contributed by atoms with Gasteiger partial charge in [-0.3, -0.25) is 0 Å². The third-order valence-electron chi connectivity index (χ3n) is 3.91. The van der Waals surface area contributed by atoms with Crippen LogP contribution in [0.2, 0.25) is 0 Å². The molecule has 0 aliphatic rings. The summed E-state index contributed by atoms with van der Waals surface area (Å²) < 4.78 is 31.4. The van der Waals surface area contributed by atoms with E-state index in [4.69, 9.17) is 4.74 Å². The van der Waals surface area contributed by atoms with E-state index >= 15 is 0 Å². The van der Waals surface area contributed by atoms with Crippen molar-refractivity contribution in [3.8, 4) is 5.75 Å². The number of ether oxygens (including phenoxy) is 1. The summed E-state index contributed by atoms with van der Waals surface area (Å²) in [5.41, 5.74) is 2.71. The van der Waals surface area contributed by atoms with E-state index in [1.165, 1.54) is 13.3 Å². The molecule has 0 bridgehead atoms. The summed E-state index contributed by atoms with van der Waals surface area (Å²) in [5, 5.41) is 0.683. The zero-order valence-corrected chi connectivity index (χ0v) is 13.5. The third-order valence-corrected chi connectivity index (χ3v) is 5.73. The fraction of sp³-hybridized carbons (Fsp3) is 0.176. The highest BCUT2D eigenvalue weighted by molar-refractivity contribution is 7.91. The molecule has 22 heavy (non-hydrogen) atoms. The topological polar surface area (TPSA) is 59.2 Å². The van der Waals surface area contributed by atoms with Crippen molar-refractivity contribution in [2.75, 3.05) is 7.11 Å². The zero-order chi connectivity index (χ0) is 15.9. The normalized spacial score (nSPS) is 11.8. The Morgan fingerprint density at radius 1 is 1.00 bits per heavy atom. The molecule has 0 saturated heterocycles. The Morgan fingerprint density at radius 3 is 2.41 bits per heavy atom. The van der Waals surface area contributed by atoms with Gasteiger partial charge in [0.1, 0.15) is 10.6 Å². The lowest BCUT2D eigenvalue weighted by Gasteiger charge is -2.12. The summed E-state index contributed by atoms with van der Waals surface area (Å²) in [5.74, 6) is 0.369. The number of hydrogen-bond donors (Lipinski definition) is 1. The van der Waals surface area contributed by atoms with Gasteiger partial charge in [-0.15, -0.1) is 0 Å². The molecule has 0 spiro atoms. The van der Waals surface area contributed by atoms with Gasteiger partial charge >= 0.3 is 0 Å². The minimum absolute atomic E-state index is 0.197. The summed E-state index contributed by atoms with van der Waals surface area (Å²) in [6, 6.07) is 10.8. The van der Waals surface area contributed by atoms with Gasteiger partial charge in [-0.1, -0.05) is 18.2 Å². The molecule has 0 unspecified atom stereocenters. The lowest BCUT2D eigenvalue weighted by atomic mass is 10.1. The van der Waals surface area contributed by atoms with E-state index in [0.717, 1.165) is 16.6 Å². The molecule has 3 aromatic rings. The number of rotatable bonds is 3. The van der Waals surface area contributed by atoms with Gasteiger partial charge in [0.05, 0.1) is 12.0 Å². The van der Waals surface area contributed by atoms with Crippen molar-refractivity contribution in [2.45, 2.75) is 23.6 Å². The van der Waals surface area contributed by atoms with Crippen LogP contribution in [0.15, 0.2) is 52.4 Å². The Hall–Kier alpha value is -2.27. The molecule has 0 aliphatic heterocycles. The summed E-state index contributed by atoms with van der Waals surface area (Å²) in [6.07, 6.45) is 1.54. The zero-order valence-electron chi connectivity index (χ0n) is 12.7. The molecule has 2 aromatic carbocycles. The highest BCUT2D eigenvalue weighted by Gasteiger charge is 2.25. The van der Waals surface area contributed by atoms with Gasteiger partial charge in [-0.25, -0.2) is 8.42 Å². The molecule has 0 radical (unpaired) electrons. The van der Waals surface area contributed by atoms with Gasteiger partial charge in [0.15, 0.2) is 0 Å². The van der Waals surface area contributed by atoms with Crippen LogP contribution in [0, 0.1) is 13.8 Å². The Labute approximate surface area is 129 Å². The SMILES string of the molecule is COc1cc(C)c(C)cc1S(=O)(=O)c1c[nH]c2ccccc12.